The molecule has 0 radical (unpaired) electrons. The zero-order chi connectivity index (χ0) is 31.6. The Labute approximate surface area is 276 Å². The predicted octanol–water partition coefficient (Wildman–Crippen LogP) is 11.6. The Morgan fingerprint density at radius 2 is 1.04 bits per heavy atom. The van der Waals surface area contributed by atoms with Crippen molar-refractivity contribution in [1.29, 1.82) is 0 Å². The molecule has 48 heavy (non-hydrogen) atoms. The molecule has 0 saturated heterocycles. The van der Waals surface area contributed by atoms with Crippen LogP contribution in [0.5, 0.6) is 0 Å². The van der Waals surface area contributed by atoms with Crippen LogP contribution >= 0.6 is 0 Å². The Balaban J connectivity index is 1.29. The SMILES string of the molecule is c1ccc(-c2ccc3c4c5oc6c(-c7nc8ccccc8nc7-c7ccccc7)cccc6c5ccc4n(-c4ccccc4)c3c2)cc1. The fourth-order valence-electron chi connectivity index (χ4n) is 7.19. The van der Waals surface area contributed by atoms with E-state index in [2.05, 4.69) is 126 Å². The Kier molecular flexibility index (Phi) is 5.84. The number of furan rings is 1. The molecule has 0 aliphatic carbocycles. The second-order valence-electron chi connectivity index (χ2n) is 12.2. The first-order chi connectivity index (χ1) is 23.8. The van der Waals surface area contributed by atoms with Gasteiger partial charge < -0.3 is 8.98 Å². The monoisotopic (exact) mass is 613 g/mol. The number of nitrogens with zero attached hydrogens (tertiary/aromatic N) is 3. The molecule has 4 heteroatoms. The van der Waals surface area contributed by atoms with Crippen molar-refractivity contribution in [2.45, 2.75) is 0 Å². The van der Waals surface area contributed by atoms with E-state index < -0.39 is 0 Å². The van der Waals surface area contributed by atoms with Gasteiger partial charge in [0, 0.05) is 33.0 Å². The van der Waals surface area contributed by atoms with E-state index in [-0.39, 0.29) is 0 Å². The number of para-hydroxylation sites is 4. The molecule has 10 rings (SSSR count). The third-order valence-electron chi connectivity index (χ3n) is 9.39. The summed E-state index contributed by atoms with van der Waals surface area (Å²) >= 11 is 0. The molecule has 7 aromatic carbocycles. The summed E-state index contributed by atoms with van der Waals surface area (Å²) in [5, 5.41) is 4.38. The summed E-state index contributed by atoms with van der Waals surface area (Å²) in [6.07, 6.45) is 0. The molecule has 0 saturated carbocycles. The van der Waals surface area contributed by atoms with Crippen LogP contribution < -0.4 is 0 Å². The zero-order valence-corrected chi connectivity index (χ0v) is 25.8. The molecule has 0 fully saturated rings. The van der Waals surface area contributed by atoms with E-state index in [0.717, 1.165) is 83.0 Å². The average molecular weight is 614 g/mol. The van der Waals surface area contributed by atoms with E-state index >= 15 is 0 Å². The average Bonchev–Trinajstić information content (AvgIpc) is 3.71. The fourth-order valence-corrected chi connectivity index (χ4v) is 7.19. The topological polar surface area (TPSA) is 43.9 Å². The maximum Gasteiger partial charge on any atom is 0.145 e. The van der Waals surface area contributed by atoms with Gasteiger partial charge in [-0.05, 0) is 59.7 Å². The molecule has 4 nitrogen and oxygen atoms in total. The lowest BCUT2D eigenvalue weighted by Gasteiger charge is -2.11. The van der Waals surface area contributed by atoms with Crippen molar-refractivity contribution in [2.75, 3.05) is 0 Å². The van der Waals surface area contributed by atoms with E-state index in [1.54, 1.807) is 0 Å². The Hall–Kier alpha value is -6.52. The van der Waals surface area contributed by atoms with Gasteiger partial charge in [0.05, 0.1) is 33.1 Å². The number of hydrogen-bond donors (Lipinski definition) is 0. The lowest BCUT2D eigenvalue weighted by atomic mass is 10.0. The normalized spacial score (nSPS) is 11.8. The molecule has 0 amide bonds. The molecule has 3 heterocycles. The van der Waals surface area contributed by atoms with Crippen molar-refractivity contribution in [1.82, 2.24) is 14.5 Å². The first-order valence-electron chi connectivity index (χ1n) is 16.2. The van der Waals surface area contributed by atoms with Gasteiger partial charge in [-0.3, -0.25) is 0 Å². The first kappa shape index (κ1) is 26.7. The van der Waals surface area contributed by atoms with Crippen LogP contribution in [0.3, 0.4) is 0 Å². The zero-order valence-electron chi connectivity index (χ0n) is 25.8. The van der Waals surface area contributed by atoms with E-state index in [1.807, 2.05) is 42.5 Å². The summed E-state index contributed by atoms with van der Waals surface area (Å²) in [6.45, 7) is 0. The van der Waals surface area contributed by atoms with Crippen molar-refractivity contribution >= 4 is 54.8 Å². The number of rotatable bonds is 4. The van der Waals surface area contributed by atoms with Crippen LogP contribution in [0.15, 0.2) is 168 Å². The predicted molar refractivity (Wildman–Crippen MR) is 197 cm³/mol. The maximum atomic E-state index is 7.05. The second kappa shape index (κ2) is 10.5. The highest BCUT2D eigenvalue weighted by atomic mass is 16.3. The summed E-state index contributed by atoms with van der Waals surface area (Å²) < 4.78 is 9.40. The largest absolute Gasteiger partial charge is 0.455 e. The van der Waals surface area contributed by atoms with Crippen molar-refractivity contribution in [2.24, 2.45) is 0 Å². The summed E-state index contributed by atoms with van der Waals surface area (Å²) in [5.41, 5.74) is 12.7. The van der Waals surface area contributed by atoms with Crippen molar-refractivity contribution < 1.29 is 4.42 Å². The highest BCUT2D eigenvalue weighted by Gasteiger charge is 2.22. The summed E-state index contributed by atoms with van der Waals surface area (Å²) in [6, 6.07) is 57.0. The number of benzene rings is 7. The van der Waals surface area contributed by atoms with E-state index in [9.17, 15) is 0 Å². The Morgan fingerprint density at radius 3 is 1.79 bits per heavy atom. The van der Waals surface area contributed by atoms with Gasteiger partial charge in [-0.2, -0.15) is 0 Å². The highest BCUT2D eigenvalue weighted by molar-refractivity contribution is 6.25. The van der Waals surface area contributed by atoms with Gasteiger partial charge in [0.2, 0.25) is 0 Å². The van der Waals surface area contributed by atoms with Crippen molar-refractivity contribution in [3.05, 3.63) is 164 Å². The van der Waals surface area contributed by atoms with Gasteiger partial charge >= 0.3 is 0 Å². The molecular formula is C44H27N3O. The summed E-state index contributed by atoms with van der Waals surface area (Å²) in [4.78, 5) is 10.3. The molecule has 3 aromatic heterocycles. The summed E-state index contributed by atoms with van der Waals surface area (Å²) in [5.74, 6) is 0. The van der Waals surface area contributed by atoms with Crippen molar-refractivity contribution in [3.63, 3.8) is 0 Å². The van der Waals surface area contributed by atoms with Gasteiger partial charge in [0.25, 0.3) is 0 Å². The second-order valence-corrected chi connectivity index (χ2v) is 12.2. The molecule has 0 spiro atoms. The third-order valence-corrected chi connectivity index (χ3v) is 9.39. The van der Waals surface area contributed by atoms with Gasteiger partial charge in [-0.1, -0.05) is 115 Å². The van der Waals surface area contributed by atoms with Gasteiger partial charge in [-0.15, -0.1) is 0 Å². The van der Waals surface area contributed by atoms with Crippen LogP contribution in [0.4, 0.5) is 0 Å². The minimum absolute atomic E-state index is 0.806. The maximum absolute atomic E-state index is 7.05. The van der Waals surface area contributed by atoms with Crippen LogP contribution in [0.25, 0.3) is 94.1 Å². The molecule has 0 atom stereocenters. The van der Waals surface area contributed by atoms with Crippen LogP contribution in [0.2, 0.25) is 0 Å². The van der Waals surface area contributed by atoms with Crippen LogP contribution in [-0.4, -0.2) is 14.5 Å². The highest BCUT2D eigenvalue weighted by Crippen LogP contribution is 2.44. The summed E-state index contributed by atoms with van der Waals surface area (Å²) in [7, 11) is 0. The third kappa shape index (κ3) is 4.03. The molecule has 0 bridgehead atoms. The number of aromatic nitrogens is 3. The molecule has 0 unspecified atom stereocenters. The van der Waals surface area contributed by atoms with Crippen LogP contribution in [-0.2, 0) is 0 Å². The Bertz CT molecular complexity index is 2820. The first-order valence-corrected chi connectivity index (χ1v) is 16.2. The van der Waals surface area contributed by atoms with Gasteiger partial charge in [-0.25, -0.2) is 9.97 Å². The smallest absolute Gasteiger partial charge is 0.145 e. The Morgan fingerprint density at radius 1 is 0.417 bits per heavy atom. The van der Waals surface area contributed by atoms with Gasteiger partial charge in [0.15, 0.2) is 0 Å². The minimum atomic E-state index is 0.806. The van der Waals surface area contributed by atoms with Crippen molar-refractivity contribution in [3.8, 4) is 39.3 Å². The van der Waals surface area contributed by atoms with Crippen LogP contribution in [0.1, 0.15) is 0 Å². The standard InChI is InChI=1S/C44H27N3O/c1-4-13-28(14-5-1)30-23-24-34-39(27-30)47(31-17-8-3-9-18-31)38-26-25-33-32-19-12-20-35(43(32)48-44(33)40(34)38)42-41(29-15-6-2-7-16-29)45-36-21-10-11-22-37(36)46-42/h1-27H. The molecule has 0 N–H and O–H groups in total. The van der Waals surface area contributed by atoms with Gasteiger partial charge in [0.1, 0.15) is 16.9 Å². The molecule has 0 aliphatic rings. The number of hydrogen-bond acceptors (Lipinski definition) is 3. The molecular weight excluding hydrogens is 587 g/mol. The minimum Gasteiger partial charge on any atom is -0.455 e. The van der Waals surface area contributed by atoms with E-state index in [4.69, 9.17) is 14.4 Å². The van der Waals surface area contributed by atoms with Crippen LogP contribution in [0, 0.1) is 0 Å². The van der Waals surface area contributed by atoms with E-state index in [0.29, 0.717) is 0 Å². The number of fused-ring (bicyclic) bond motifs is 8. The quantitative estimate of drug-likeness (QED) is 0.198. The lowest BCUT2D eigenvalue weighted by molar-refractivity contribution is 0.674. The molecule has 0 aliphatic heterocycles. The lowest BCUT2D eigenvalue weighted by Crippen LogP contribution is -1.95. The fraction of sp³-hybridized carbons (Fsp3) is 0. The van der Waals surface area contributed by atoms with E-state index in [1.165, 1.54) is 11.1 Å². The molecule has 10 aromatic rings. The molecule has 224 valence electrons.